The van der Waals surface area contributed by atoms with Gasteiger partial charge in [-0.05, 0) is 56.6 Å². The molecule has 18 heavy (non-hydrogen) atoms. The van der Waals surface area contributed by atoms with E-state index in [1.165, 1.54) is 30.6 Å². The van der Waals surface area contributed by atoms with Crippen molar-refractivity contribution in [2.75, 3.05) is 32.1 Å². The SMILES string of the molecule is Cc1cc(N(C)C2CCCN(C)C2)ccc1CO. The molecule has 1 N–H and O–H groups in total. The zero-order valence-electron chi connectivity index (χ0n) is 11.7. The summed E-state index contributed by atoms with van der Waals surface area (Å²) in [5.74, 6) is 0. The fourth-order valence-electron chi connectivity index (χ4n) is 2.74. The van der Waals surface area contributed by atoms with Crippen LogP contribution in [0.1, 0.15) is 24.0 Å². The molecule has 0 bridgehead atoms. The van der Waals surface area contributed by atoms with Crippen molar-refractivity contribution in [2.24, 2.45) is 0 Å². The van der Waals surface area contributed by atoms with E-state index in [0.717, 1.165) is 12.1 Å². The Labute approximate surface area is 110 Å². The molecule has 1 aromatic rings. The van der Waals surface area contributed by atoms with Crippen molar-refractivity contribution in [3.63, 3.8) is 0 Å². The first-order chi connectivity index (χ1) is 8.61. The number of aliphatic hydroxyl groups is 1. The number of aliphatic hydroxyl groups excluding tert-OH is 1. The quantitative estimate of drug-likeness (QED) is 0.886. The Morgan fingerprint density at radius 1 is 1.44 bits per heavy atom. The van der Waals surface area contributed by atoms with E-state index in [2.05, 4.69) is 43.0 Å². The molecule has 0 amide bonds. The molecule has 0 spiro atoms. The average molecular weight is 248 g/mol. The van der Waals surface area contributed by atoms with Gasteiger partial charge in [-0.1, -0.05) is 6.07 Å². The lowest BCUT2D eigenvalue weighted by molar-refractivity contribution is 0.248. The molecule has 100 valence electrons. The van der Waals surface area contributed by atoms with Crippen molar-refractivity contribution in [1.29, 1.82) is 0 Å². The van der Waals surface area contributed by atoms with Crippen molar-refractivity contribution < 1.29 is 5.11 Å². The molecule has 0 aliphatic carbocycles. The van der Waals surface area contributed by atoms with Gasteiger partial charge in [0.25, 0.3) is 0 Å². The zero-order valence-corrected chi connectivity index (χ0v) is 11.7. The Hall–Kier alpha value is -1.06. The number of likely N-dealkylation sites (N-methyl/N-ethyl adjacent to an activating group) is 2. The van der Waals surface area contributed by atoms with E-state index in [1.54, 1.807) is 0 Å². The molecule has 3 nitrogen and oxygen atoms in total. The summed E-state index contributed by atoms with van der Waals surface area (Å²) in [5, 5.41) is 9.21. The molecule has 2 rings (SSSR count). The summed E-state index contributed by atoms with van der Waals surface area (Å²) in [7, 11) is 4.37. The van der Waals surface area contributed by atoms with Gasteiger partial charge in [0, 0.05) is 25.3 Å². The highest BCUT2D eigenvalue weighted by Crippen LogP contribution is 2.23. The molecule has 1 saturated heterocycles. The predicted octanol–water partition coefficient (Wildman–Crippen LogP) is 2.02. The van der Waals surface area contributed by atoms with Crippen LogP contribution in [0.15, 0.2) is 18.2 Å². The van der Waals surface area contributed by atoms with E-state index in [-0.39, 0.29) is 6.61 Å². The number of nitrogens with zero attached hydrogens (tertiary/aromatic N) is 2. The Balaban J connectivity index is 2.12. The topological polar surface area (TPSA) is 26.7 Å². The minimum Gasteiger partial charge on any atom is -0.392 e. The Bertz CT molecular complexity index is 405. The van der Waals surface area contributed by atoms with E-state index in [0.29, 0.717) is 6.04 Å². The van der Waals surface area contributed by atoms with Crippen LogP contribution < -0.4 is 4.90 Å². The number of rotatable bonds is 3. The molecule has 1 heterocycles. The summed E-state index contributed by atoms with van der Waals surface area (Å²) in [6.07, 6.45) is 2.54. The van der Waals surface area contributed by atoms with Crippen LogP contribution in [0.2, 0.25) is 0 Å². The first-order valence-electron chi connectivity index (χ1n) is 6.73. The Kier molecular flexibility index (Phi) is 4.25. The van der Waals surface area contributed by atoms with Gasteiger partial charge in [0.2, 0.25) is 0 Å². The highest BCUT2D eigenvalue weighted by Gasteiger charge is 2.21. The van der Waals surface area contributed by atoms with Gasteiger partial charge in [-0.25, -0.2) is 0 Å². The first kappa shape index (κ1) is 13.4. The van der Waals surface area contributed by atoms with E-state index in [9.17, 15) is 5.11 Å². The van der Waals surface area contributed by atoms with Crippen molar-refractivity contribution in [3.05, 3.63) is 29.3 Å². The summed E-state index contributed by atoms with van der Waals surface area (Å²) in [6, 6.07) is 6.93. The van der Waals surface area contributed by atoms with Gasteiger partial charge in [0.15, 0.2) is 0 Å². The maximum atomic E-state index is 9.21. The van der Waals surface area contributed by atoms with Crippen LogP contribution in [0.5, 0.6) is 0 Å². The highest BCUT2D eigenvalue weighted by molar-refractivity contribution is 5.51. The van der Waals surface area contributed by atoms with Crippen molar-refractivity contribution in [1.82, 2.24) is 4.90 Å². The van der Waals surface area contributed by atoms with Crippen LogP contribution in [0.4, 0.5) is 5.69 Å². The van der Waals surface area contributed by atoms with Gasteiger partial charge in [-0.15, -0.1) is 0 Å². The molecule has 1 unspecified atom stereocenters. The molecule has 0 saturated carbocycles. The summed E-state index contributed by atoms with van der Waals surface area (Å²) < 4.78 is 0. The lowest BCUT2D eigenvalue weighted by Gasteiger charge is -2.37. The van der Waals surface area contributed by atoms with E-state index in [4.69, 9.17) is 0 Å². The van der Waals surface area contributed by atoms with E-state index in [1.807, 2.05) is 6.07 Å². The number of benzene rings is 1. The molecule has 1 atom stereocenters. The minimum atomic E-state index is 0.127. The van der Waals surface area contributed by atoms with Gasteiger partial charge < -0.3 is 14.9 Å². The maximum Gasteiger partial charge on any atom is 0.0684 e. The third-order valence-electron chi connectivity index (χ3n) is 4.05. The highest BCUT2D eigenvalue weighted by atomic mass is 16.3. The van der Waals surface area contributed by atoms with Gasteiger partial charge in [-0.2, -0.15) is 0 Å². The van der Waals surface area contributed by atoms with Gasteiger partial charge in [-0.3, -0.25) is 0 Å². The van der Waals surface area contributed by atoms with Crippen LogP contribution in [-0.4, -0.2) is 43.2 Å². The Morgan fingerprint density at radius 3 is 2.83 bits per heavy atom. The fourth-order valence-corrected chi connectivity index (χ4v) is 2.74. The molecule has 1 aliphatic rings. The summed E-state index contributed by atoms with van der Waals surface area (Å²) in [4.78, 5) is 4.78. The summed E-state index contributed by atoms with van der Waals surface area (Å²) in [5.41, 5.74) is 3.45. The van der Waals surface area contributed by atoms with E-state index < -0.39 is 0 Å². The van der Waals surface area contributed by atoms with Crippen molar-refractivity contribution >= 4 is 5.69 Å². The summed E-state index contributed by atoms with van der Waals surface area (Å²) in [6.45, 7) is 4.54. The second-order valence-electron chi connectivity index (χ2n) is 5.44. The van der Waals surface area contributed by atoms with Crippen molar-refractivity contribution in [3.8, 4) is 0 Å². The predicted molar refractivity (Wildman–Crippen MR) is 76.0 cm³/mol. The average Bonchev–Trinajstić information content (AvgIpc) is 2.37. The van der Waals surface area contributed by atoms with Crippen LogP contribution in [0.25, 0.3) is 0 Å². The van der Waals surface area contributed by atoms with Gasteiger partial charge >= 0.3 is 0 Å². The molecule has 0 aromatic heterocycles. The monoisotopic (exact) mass is 248 g/mol. The molecule has 1 aliphatic heterocycles. The second kappa shape index (κ2) is 5.72. The maximum absolute atomic E-state index is 9.21. The molecule has 1 aromatic carbocycles. The third kappa shape index (κ3) is 2.85. The van der Waals surface area contributed by atoms with Gasteiger partial charge in [0.1, 0.15) is 0 Å². The number of anilines is 1. The van der Waals surface area contributed by atoms with Crippen LogP contribution in [0.3, 0.4) is 0 Å². The van der Waals surface area contributed by atoms with Crippen LogP contribution in [0, 0.1) is 6.92 Å². The number of likely N-dealkylation sites (tertiary alicyclic amines) is 1. The van der Waals surface area contributed by atoms with E-state index >= 15 is 0 Å². The zero-order chi connectivity index (χ0) is 13.1. The van der Waals surface area contributed by atoms with Crippen molar-refractivity contribution in [2.45, 2.75) is 32.4 Å². The molecule has 1 fully saturated rings. The molecule has 0 radical (unpaired) electrons. The lowest BCUT2D eigenvalue weighted by Crippen LogP contribution is -2.45. The van der Waals surface area contributed by atoms with Crippen LogP contribution in [-0.2, 0) is 6.61 Å². The summed E-state index contributed by atoms with van der Waals surface area (Å²) >= 11 is 0. The largest absolute Gasteiger partial charge is 0.392 e. The standard InChI is InChI=1S/C15H24N2O/c1-12-9-14(7-6-13(12)11-18)17(3)15-5-4-8-16(2)10-15/h6-7,9,15,18H,4-5,8,10-11H2,1-3H3. The molecule has 3 heteroatoms. The Morgan fingerprint density at radius 2 is 2.22 bits per heavy atom. The normalized spacial score (nSPS) is 21.0. The number of piperidine rings is 1. The molecular formula is C15H24N2O. The minimum absolute atomic E-state index is 0.127. The van der Waals surface area contributed by atoms with Gasteiger partial charge in [0.05, 0.1) is 6.61 Å². The number of aryl methyl sites for hydroxylation is 1. The smallest absolute Gasteiger partial charge is 0.0684 e. The van der Waals surface area contributed by atoms with Crippen LogP contribution >= 0.6 is 0 Å². The second-order valence-corrected chi connectivity index (χ2v) is 5.44. The third-order valence-corrected chi connectivity index (χ3v) is 4.05. The molecular weight excluding hydrogens is 224 g/mol. The fraction of sp³-hybridized carbons (Fsp3) is 0.600. The number of hydrogen-bond acceptors (Lipinski definition) is 3. The number of hydrogen-bond donors (Lipinski definition) is 1. The first-order valence-corrected chi connectivity index (χ1v) is 6.73. The lowest BCUT2D eigenvalue weighted by atomic mass is 10.0.